The predicted molar refractivity (Wildman–Crippen MR) is 69.3 cm³/mol. The maximum absolute atomic E-state index is 10.2. The molecule has 0 aliphatic heterocycles. The number of thiophene rings is 1. The first-order valence-corrected chi connectivity index (χ1v) is 6.28. The zero-order chi connectivity index (χ0) is 11.7. The van der Waals surface area contributed by atoms with Gasteiger partial charge in [-0.2, -0.15) is 0 Å². The number of halogens is 1. The second-order valence-electron chi connectivity index (χ2n) is 3.92. The van der Waals surface area contributed by atoms with Crippen molar-refractivity contribution in [2.45, 2.75) is 20.0 Å². The van der Waals surface area contributed by atoms with Crippen molar-refractivity contribution in [2.75, 3.05) is 0 Å². The molecule has 1 N–H and O–H groups in total. The highest BCUT2D eigenvalue weighted by Crippen LogP contribution is 2.34. The number of hydrogen-bond acceptors (Lipinski definition) is 2. The lowest BCUT2D eigenvalue weighted by molar-refractivity contribution is 0.224. The Hall–Kier alpha value is -0.830. The zero-order valence-corrected chi connectivity index (χ0v) is 10.8. The highest BCUT2D eigenvalue weighted by Gasteiger charge is 2.14. The fraction of sp³-hybridized carbons (Fsp3) is 0.231. The third kappa shape index (κ3) is 2.29. The van der Waals surface area contributed by atoms with Gasteiger partial charge < -0.3 is 5.11 Å². The van der Waals surface area contributed by atoms with Gasteiger partial charge in [-0.3, -0.25) is 0 Å². The molecule has 1 heterocycles. The molecule has 0 amide bonds. The number of aliphatic hydroxyl groups excluding tert-OH is 1. The van der Waals surface area contributed by atoms with E-state index in [4.69, 9.17) is 11.6 Å². The SMILES string of the molecule is Cc1cccc(C(O)c2cc(C)c(Cl)s2)c1. The van der Waals surface area contributed by atoms with Crippen LogP contribution in [0.5, 0.6) is 0 Å². The van der Waals surface area contributed by atoms with Crippen molar-refractivity contribution in [2.24, 2.45) is 0 Å². The van der Waals surface area contributed by atoms with Crippen LogP contribution in [0, 0.1) is 13.8 Å². The molecule has 0 fully saturated rings. The standard InChI is InChI=1S/C13H13ClOS/c1-8-4-3-5-10(6-8)12(15)11-7-9(2)13(14)16-11/h3-7,12,15H,1-2H3. The molecule has 0 bridgehead atoms. The minimum atomic E-state index is -0.573. The highest BCUT2D eigenvalue weighted by molar-refractivity contribution is 7.16. The molecule has 2 aromatic rings. The third-order valence-corrected chi connectivity index (χ3v) is 4.11. The van der Waals surface area contributed by atoms with Gasteiger partial charge in [0, 0.05) is 4.88 Å². The van der Waals surface area contributed by atoms with Gasteiger partial charge in [-0.05, 0) is 31.0 Å². The number of rotatable bonds is 2. The summed E-state index contributed by atoms with van der Waals surface area (Å²) < 4.78 is 0.752. The highest BCUT2D eigenvalue weighted by atomic mass is 35.5. The van der Waals surface area contributed by atoms with Crippen molar-refractivity contribution in [3.63, 3.8) is 0 Å². The van der Waals surface area contributed by atoms with Crippen LogP contribution in [0.3, 0.4) is 0 Å². The third-order valence-electron chi connectivity index (χ3n) is 2.50. The Bertz CT molecular complexity index is 485. The van der Waals surface area contributed by atoms with E-state index in [0.29, 0.717) is 0 Å². The second-order valence-corrected chi connectivity index (χ2v) is 5.61. The largest absolute Gasteiger partial charge is 0.383 e. The van der Waals surface area contributed by atoms with Crippen molar-refractivity contribution < 1.29 is 5.11 Å². The monoisotopic (exact) mass is 252 g/mol. The van der Waals surface area contributed by atoms with Crippen LogP contribution >= 0.6 is 22.9 Å². The Morgan fingerprint density at radius 1 is 1.25 bits per heavy atom. The molecule has 3 heteroatoms. The Morgan fingerprint density at radius 2 is 2.00 bits per heavy atom. The summed E-state index contributed by atoms with van der Waals surface area (Å²) in [5, 5.41) is 10.2. The minimum absolute atomic E-state index is 0.573. The molecule has 1 aromatic carbocycles. The summed E-state index contributed by atoms with van der Waals surface area (Å²) in [5.74, 6) is 0. The normalized spacial score (nSPS) is 12.8. The Balaban J connectivity index is 2.35. The molecule has 0 spiro atoms. The molecule has 16 heavy (non-hydrogen) atoms. The van der Waals surface area contributed by atoms with Crippen molar-refractivity contribution in [1.29, 1.82) is 0 Å². The molecule has 1 aromatic heterocycles. The molecular formula is C13H13ClOS. The fourth-order valence-corrected chi connectivity index (χ4v) is 2.85. The van der Waals surface area contributed by atoms with E-state index >= 15 is 0 Å². The summed E-state index contributed by atoms with van der Waals surface area (Å²) in [5.41, 5.74) is 3.09. The van der Waals surface area contributed by atoms with Crippen LogP contribution in [-0.4, -0.2) is 5.11 Å². The molecule has 0 radical (unpaired) electrons. The minimum Gasteiger partial charge on any atom is -0.383 e. The lowest BCUT2D eigenvalue weighted by Gasteiger charge is -2.09. The number of aryl methyl sites for hydroxylation is 2. The fourth-order valence-electron chi connectivity index (χ4n) is 1.62. The Morgan fingerprint density at radius 3 is 2.56 bits per heavy atom. The van der Waals surface area contributed by atoms with Crippen LogP contribution in [-0.2, 0) is 0 Å². The van der Waals surface area contributed by atoms with Crippen LogP contribution in [0.25, 0.3) is 0 Å². The summed E-state index contributed by atoms with van der Waals surface area (Å²) >= 11 is 7.44. The van der Waals surface area contributed by atoms with Gasteiger partial charge in [0.25, 0.3) is 0 Å². The van der Waals surface area contributed by atoms with E-state index in [1.165, 1.54) is 11.3 Å². The molecular weight excluding hydrogens is 240 g/mol. The Kier molecular flexibility index (Phi) is 3.33. The van der Waals surface area contributed by atoms with E-state index in [0.717, 1.165) is 25.9 Å². The average molecular weight is 253 g/mol. The first-order valence-electron chi connectivity index (χ1n) is 5.08. The predicted octanol–water partition coefficient (Wildman–Crippen LogP) is 4.10. The molecule has 2 rings (SSSR count). The van der Waals surface area contributed by atoms with Gasteiger partial charge in [0.1, 0.15) is 6.10 Å². The van der Waals surface area contributed by atoms with Gasteiger partial charge in [-0.15, -0.1) is 11.3 Å². The topological polar surface area (TPSA) is 20.2 Å². The summed E-state index contributed by atoms with van der Waals surface area (Å²) in [6.45, 7) is 3.97. The van der Waals surface area contributed by atoms with Gasteiger partial charge in [-0.25, -0.2) is 0 Å². The van der Waals surface area contributed by atoms with Crippen LogP contribution < -0.4 is 0 Å². The van der Waals surface area contributed by atoms with E-state index in [-0.39, 0.29) is 0 Å². The first-order chi connectivity index (χ1) is 7.58. The molecule has 0 saturated carbocycles. The lowest BCUT2D eigenvalue weighted by atomic mass is 10.1. The summed E-state index contributed by atoms with van der Waals surface area (Å²) in [7, 11) is 0. The molecule has 0 saturated heterocycles. The van der Waals surface area contributed by atoms with Gasteiger partial charge >= 0.3 is 0 Å². The summed E-state index contributed by atoms with van der Waals surface area (Å²) in [6, 6.07) is 9.84. The lowest BCUT2D eigenvalue weighted by Crippen LogP contribution is -1.96. The molecule has 0 aliphatic rings. The van der Waals surface area contributed by atoms with Gasteiger partial charge in [0.05, 0.1) is 4.34 Å². The van der Waals surface area contributed by atoms with E-state index < -0.39 is 6.10 Å². The maximum Gasteiger partial charge on any atom is 0.113 e. The summed E-state index contributed by atoms with van der Waals surface area (Å²) in [4.78, 5) is 0.896. The van der Waals surface area contributed by atoms with Crippen LogP contribution in [0.15, 0.2) is 30.3 Å². The number of hydrogen-bond donors (Lipinski definition) is 1. The first kappa shape index (κ1) is 11.6. The number of aliphatic hydroxyl groups is 1. The maximum atomic E-state index is 10.2. The second kappa shape index (κ2) is 4.58. The molecule has 1 atom stereocenters. The van der Waals surface area contributed by atoms with Gasteiger partial charge in [-0.1, -0.05) is 41.4 Å². The zero-order valence-electron chi connectivity index (χ0n) is 9.20. The van der Waals surface area contributed by atoms with E-state index in [1.54, 1.807) is 0 Å². The molecule has 1 unspecified atom stereocenters. The van der Waals surface area contributed by atoms with Gasteiger partial charge in [0.2, 0.25) is 0 Å². The molecule has 1 nitrogen and oxygen atoms in total. The average Bonchev–Trinajstić information content (AvgIpc) is 2.58. The van der Waals surface area contributed by atoms with E-state index in [1.807, 2.05) is 44.2 Å². The van der Waals surface area contributed by atoms with Crippen molar-refractivity contribution in [3.05, 3.63) is 56.2 Å². The quantitative estimate of drug-likeness (QED) is 0.853. The Labute approximate surface area is 104 Å². The van der Waals surface area contributed by atoms with Crippen LogP contribution in [0.2, 0.25) is 4.34 Å². The molecule has 84 valence electrons. The smallest absolute Gasteiger partial charge is 0.113 e. The van der Waals surface area contributed by atoms with Gasteiger partial charge in [0.15, 0.2) is 0 Å². The van der Waals surface area contributed by atoms with Crippen molar-refractivity contribution in [3.8, 4) is 0 Å². The van der Waals surface area contributed by atoms with Crippen molar-refractivity contribution >= 4 is 22.9 Å². The van der Waals surface area contributed by atoms with E-state index in [9.17, 15) is 5.11 Å². The summed E-state index contributed by atoms with van der Waals surface area (Å²) in [6.07, 6.45) is -0.573. The van der Waals surface area contributed by atoms with Crippen LogP contribution in [0.4, 0.5) is 0 Å². The van der Waals surface area contributed by atoms with E-state index in [2.05, 4.69) is 0 Å². The molecule has 0 aliphatic carbocycles. The van der Waals surface area contributed by atoms with Crippen molar-refractivity contribution in [1.82, 2.24) is 0 Å². The van der Waals surface area contributed by atoms with Crippen LogP contribution in [0.1, 0.15) is 27.7 Å². The number of benzene rings is 1.